The lowest BCUT2D eigenvalue weighted by Crippen LogP contribution is -2.36. The number of nitrogens with zero attached hydrogens (tertiary/aromatic N) is 5. The average Bonchev–Trinajstić information content (AvgIpc) is 3.05. The SMILES string of the molecule is c1ccc(-c2cnc3cc(C4(c5ccccn5)CCC4)nn3c2)nc1. The Hall–Kier alpha value is -3.08. The normalized spacial score (nSPS) is 15.8. The van der Waals surface area contributed by atoms with Crippen molar-refractivity contribution in [3.05, 3.63) is 78.6 Å². The minimum atomic E-state index is -0.0693. The van der Waals surface area contributed by atoms with Gasteiger partial charge in [-0.25, -0.2) is 9.50 Å². The molecule has 0 aliphatic heterocycles. The summed E-state index contributed by atoms with van der Waals surface area (Å²) in [4.78, 5) is 13.6. The highest BCUT2D eigenvalue weighted by Crippen LogP contribution is 2.47. The number of aromatic nitrogens is 5. The van der Waals surface area contributed by atoms with Crippen molar-refractivity contribution in [3.63, 3.8) is 0 Å². The second kappa shape index (κ2) is 5.48. The van der Waals surface area contributed by atoms with Crippen LogP contribution in [0.15, 0.2) is 67.3 Å². The molecule has 0 radical (unpaired) electrons. The summed E-state index contributed by atoms with van der Waals surface area (Å²) >= 11 is 0. The highest BCUT2D eigenvalue weighted by atomic mass is 15.3. The Morgan fingerprint density at radius 3 is 2.40 bits per heavy atom. The zero-order valence-corrected chi connectivity index (χ0v) is 13.7. The van der Waals surface area contributed by atoms with Gasteiger partial charge < -0.3 is 0 Å². The standard InChI is InChI=1S/C20H17N5/c1-3-10-21-16(6-1)15-13-23-19-12-18(24-25(19)14-15)20(8-5-9-20)17-7-2-4-11-22-17/h1-4,6-7,10-14H,5,8-9H2. The van der Waals surface area contributed by atoms with E-state index < -0.39 is 0 Å². The van der Waals surface area contributed by atoms with Crippen molar-refractivity contribution < 1.29 is 0 Å². The first-order valence-corrected chi connectivity index (χ1v) is 8.54. The van der Waals surface area contributed by atoms with Gasteiger partial charge in [0.25, 0.3) is 0 Å². The van der Waals surface area contributed by atoms with E-state index in [1.165, 1.54) is 6.42 Å². The molecule has 1 saturated carbocycles. The summed E-state index contributed by atoms with van der Waals surface area (Å²) in [5, 5.41) is 4.86. The lowest BCUT2D eigenvalue weighted by Gasteiger charge is -2.39. The van der Waals surface area contributed by atoms with Gasteiger partial charge in [-0.3, -0.25) is 9.97 Å². The molecule has 4 aromatic heterocycles. The first-order chi connectivity index (χ1) is 12.4. The number of hydrogen-bond acceptors (Lipinski definition) is 4. The van der Waals surface area contributed by atoms with Crippen LogP contribution in [0.1, 0.15) is 30.7 Å². The fourth-order valence-corrected chi connectivity index (χ4v) is 3.60. The van der Waals surface area contributed by atoms with Gasteiger partial charge in [-0.05, 0) is 37.1 Å². The van der Waals surface area contributed by atoms with Gasteiger partial charge in [-0.1, -0.05) is 18.6 Å². The van der Waals surface area contributed by atoms with Crippen LogP contribution in [0.25, 0.3) is 16.9 Å². The Labute approximate surface area is 145 Å². The zero-order valence-electron chi connectivity index (χ0n) is 13.7. The maximum absolute atomic E-state index is 4.86. The topological polar surface area (TPSA) is 56.0 Å². The summed E-state index contributed by atoms with van der Waals surface area (Å²) in [6, 6.07) is 14.1. The fraction of sp³-hybridized carbons (Fsp3) is 0.200. The van der Waals surface area contributed by atoms with Crippen molar-refractivity contribution >= 4 is 5.65 Å². The predicted octanol–water partition coefficient (Wildman–Crippen LogP) is 3.66. The minimum absolute atomic E-state index is 0.0693. The smallest absolute Gasteiger partial charge is 0.155 e. The Balaban J connectivity index is 1.61. The summed E-state index contributed by atoms with van der Waals surface area (Å²) in [7, 11) is 0. The van der Waals surface area contributed by atoms with Crippen LogP contribution in [0.4, 0.5) is 0 Å². The molecule has 0 unspecified atom stereocenters. The fourth-order valence-electron chi connectivity index (χ4n) is 3.60. The molecule has 0 saturated heterocycles. The lowest BCUT2D eigenvalue weighted by molar-refractivity contribution is 0.285. The molecule has 0 N–H and O–H groups in total. The Morgan fingerprint density at radius 2 is 1.72 bits per heavy atom. The molecule has 25 heavy (non-hydrogen) atoms. The molecule has 5 heteroatoms. The molecule has 122 valence electrons. The van der Waals surface area contributed by atoms with Gasteiger partial charge in [0.2, 0.25) is 0 Å². The maximum atomic E-state index is 4.86. The zero-order chi connectivity index (χ0) is 16.7. The molecule has 1 fully saturated rings. The van der Waals surface area contributed by atoms with Crippen molar-refractivity contribution in [1.82, 2.24) is 24.6 Å². The van der Waals surface area contributed by atoms with Crippen LogP contribution in [-0.4, -0.2) is 24.6 Å². The molecule has 1 aliphatic carbocycles. The van der Waals surface area contributed by atoms with Crippen LogP contribution in [-0.2, 0) is 5.41 Å². The highest BCUT2D eigenvalue weighted by Gasteiger charge is 2.43. The predicted molar refractivity (Wildman–Crippen MR) is 95.1 cm³/mol. The van der Waals surface area contributed by atoms with Crippen molar-refractivity contribution in [2.24, 2.45) is 0 Å². The van der Waals surface area contributed by atoms with E-state index in [2.05, 4.69) is 33.2 Å². The first kappa shape index (κ1) is 14.3. The van der Waals surface area contributed by atoms with Crippen molar-refractivity contribution in [1.29, 1.82) is 0 Å². The van der Waals surface area contributed by atoms with E-state index in [1.54, 1.807) is 6.20 Å². The van der Waals surface area contributed by atoms with E-state index in [1.807, 2.05) is 47.4 Å². The molecule has 5 rings (SSSR count). The van der Waals surface area contributed by atoms with E-state index in [4.69, 9.17) is 5.10 Å². The monoisotopic (exact) mass is 327 g/mol. The third-order valence-corrected chi connectivity index (χ3v) is 5.13. The molecular formula is C20H17N5. The number of pyridine rings is 2. The highest BCUT2D eigenvalue weighted by molar-refractivity contribution is 5.59. The lowest BCUT2D eigenvalue weighted by atomic mass is 9.64. The molecule has 5 nitrogen and oxygen atoms in total. The van der Waals surface area contributed by atoms with E-state index in [-0.39, 0.29) is 5.41 Å². The summed E-state index contributed by atoms with van der Waals surface area (Å²) in [6.45, 7) is 0. The quantitative estimate of drug-likeness (QED) is 0.576. The number of rotatable bonds is 3. The third kappa shape index (κ3) is 2.23. The number of fused-ring (bicyclic) bond motifs is 1. The summed E-state index contributed by atoms with van der Waals surface area (Å²) in [6.07, 6.45) is 10.9. The largest absolute Gasteiger partial charge is 0.260 e. The molecule has 1 aliphatic rings. The minimum Gasteiger partial charge on any atom is -0.260 e. The summed E-state index contributed by atoms with van der Waals surface area (Å²) in [5.74, 6) is 0. The number of hydrogen-bond donors (Lipinski definition) is 0. The van der Waals surface area contributed by atoms with Gasteiger partial charge in [-0.15, -0.1) is 0 Å². The molecule has 0 spiro atoms. The Kier molecular flexibility index (Phi) is 3.13. The molecule has 0 atom stereocenters. The van der Waals surface area contributed by atoms with E-state index in [0.29, 0.717) is 0 Å². The van der Waals surface area contributed by atoms with Crippen molar-refractivity contribution in [3.8, 4) is 11.3 Å². The molecule has 0 amide bonds. The third-order valence-electron chi connectivity index (χ3n) is 5.13. The summed E-state index contributed by atoms with van der Waals surface area (Å²) in [5.41, 5.74) is 4.81. The summed E-state index contributed by atoms with van der Waals surface area (Å²) < 4.78 is 1.86. The van der Waals surface area contributed by atoms with Crippen LogP contribution >= 0.6 is 0 Å². The molecule has 4 heterocycles. The van der Waals surface area contributed by atoms with Crippen LogP contribution in [0.5, 0.6) is 0 Å². The van der Waals surface area contributed by atoms with Crippen LogP contribution in [0.3, 0.4) is 0 Å². The van der Waals surface area contributed by atoms with Crippen LogP contribution in [0.2, 0.25) is 0 Å². The van der Waals surface area contributed by atoms with Gasteiger partial charge in [0.05, 0.1) is 22.5 Å². The Morgan fingerprint density at radius 1 is 0.880 bits per heavy atom. The van der Waals surface area contributed by atoms with E-state index >= 15 is 0 Å². The van der Waals surface area contributed by atoms with Gasteiger partial charge in [0.1, 0.15) is 0 Å². The van der Waals surface area contributed by atoms with Gasteiger partial charge in [-0.2, -0.15) is 5.10 Å². The average molecular weight is 327 g/mol. The molecule has 4 aromatic rings. The first-order valence-electron chi connectivity index (χ1n) is 8.54. The van der Waals surface area contributed by atoms with E-state index in [9.17, 15) is 0 Å². The maximum Gasteiger partial charge on any atom is 0.155 e. The molecule has 0 bridgehead atoms. The second-order valence-corrected chi connectivity index (χ2v) is 6.54. The second-order valence-electron chi connectivity index (χ2n) is 6.54. The van der Waals surface area contributed by atoms with Crippen molar-refractivity contribution in [2.45, 2.75) is 24.7 Å². The van der Waals surface area contributed by atoms with Crippen molar-refractivity contribution in [2.75, 3.05) is 0 Å². The van der Waals surface area contributed by atoms with Gasteiger partial charge >= 0.3 is 0 Å². The molecule has 0 aromatic carbocycles. The van der Waals surface area contributed by atoms with Gasteiger partial charge in [0.15, 0.2) is 5.65 Å². The van der Waals surface area contributed by atoms with Crippen LogP contribution < -0.4 is 0 Å². The van der Waals surface area contributed by atoms with E-state index in [0.717, 1.165) is 41.1 Å². The van der Waals surface area contributed by atoms with Gasteiger partial charge in [0, 0.05) is 36.4 Å². The molecular weight excluding hydrogens is 310 g/mol. The van der Waals surface area contributed by atoms with Crippen LogP contribution in [0, 0.1) is 0 Å². The Bertz CT molecular complexity index is 1020.